The van der Waals surface area contributed by atoms with E-state index >= 15 is 0 Å². The van der Waals surface area contributed by atoms with Crippen molar-refractivity contribution in [3.63, 3.8) is 0 Å². The van der Waals surface area contributed by atoms with Crippen molar-refractivity contribution < 1.29 is 13.9 Å². The lowest BCUT2D eigenvalue weighted by molar-refractivity contribution is -0.121. The number of carbonyl (C=O) groups is 1. The van der Waals surface area contributed by atoms with Gasteiger partial charge in [0.25, 0.3) is 0 Å². The van der Waals surface area contributed by atoms with Crippen LogP contribution in [0.4, 0.5) is 5.82 Å². The number of carbonyl (C=O) groups excluding carboxylic acids is 1. The van der Waals surface area contributed by atoms with E-state index in [0.717, 1.165) is 42.4 Å². The molecular weight excluding hydrogens is 382 g/mol. The molecule has 2 aromatic heterocycles. The second kappa shape index (κ2) is 8.67. The first kappa shape index (κ1) is 20.1. The molecule has 0 atom stereocenters. The number of anilines is 1. The van der Waals surface area contributed by atoms with E-state index in [2.05, 4.69) is 15.2 Å². The first-order chi connectivity index (χ1) is 14.5. The van der Waals surface area contributed by atoms with Crippen molar-refractivity contribution in [2.75, 3.05) is 25.5 Å². The van der Waals surface area contributed by atoms with Gasteiger partial charge in [-0.3, -0.25) is 9.69 Å². The van der Waals surface area contributed by atoms with Crippen LogP contribution in [-0.2, 0) is 11.3 Å². The van der Waals surface area contributed by atoms with Crippen molar-refractivity contribution in [1.82, 2.24) is 9.88 Å². The summed E-state index contributed by atoms with van der Waals surface area (Å²) in [4.78, 5) is 31.1. The summed E-state index contributed by atoms with van der Waals surface area (Å²) in [5.74, 6) is 1.23. The summed E-state index contributed by atoms with van der Waals surface area (Å²) in [5.41, 5.74) is 2.14. The third-order valence-corrected chi connectivity index (χ3v) is 5.56. The summed E-state index contributed by atoms with van der Waals surface area (Å²) in [6, 6.07) is 10.8. The Kier molecular flexibility index (Phi) is 5.81. The quantitative estimate of drug-likeness (QED) is 0.653. The summed E-state index contributed by atoms with van der Waals surface area (Å²) < 4.78 is 10.6. The van der Waals surface area contributed by atoms with Crippen molar-refractivity contribution in [1.29, 1.82) is 0 Å². The molecule has 3 aromatic rings. The van der Waals surface area contributed by atoms with Crippen LogP contribution in [-0.4, -0.2) is 36.0 Å². The Labute approximate surface area is 174 Å². The molecule has 1 fully saturated rings. The van der Waals surface area contributed by atoms with Crippen molar-refractivity contribution >= 4 is 22.7 Å². The van der Waals surface area contributed by atoms with Gasteiger partial charge in [0.1, 0.15) is 17.2 Å². The van der Waals surface area contributed by atoms with E-state index in [-0.39, 0.29) is 17.5 Å². The molecule has 30 heavy (non-hydrogen) atoms. The van der Waals surface area contributed by atoms with Crippen LogP contribution in [0, 0.1) is 12.8 Å². The molecular formula is C23H25N3O4. The van der Waals surface area contributed by atoms with Gasteiger partial charge in [0.15, 0.2) is 0 Å². The maximum absolute atomic E-state index is 12.6. The van der Waals surface area contributed by atoms with Crippen molar-refractivity contribution in [2.24, 2.45) is 5.92 Å². The van der Waals surface area contributed by atoms with Crippen LogP contribution in [0.2, 0.25) is 0 Å². The van der Waals surface area contributed by atoms with Gasteiger partial charge in [0.2, 0.25) is 5.91 Å². The van der Waals surface area contributed by atoms with Gasteiger partial charge >= 0.3 is 5.63 Å². The van der Waals surface area contributed by atoms with E-state index < -0.39 is 0 Å². The van der Waals surface area contributed by atoms with Crippen LogP contribution in [0.25, 0.3) is 11.0 Å². The minimum Gasteiger partial charge on any atom is -0.497 e. The first-order valence-corrected chi connectivity index (χ1v) is 10.1. The minimum atomic E-state index is -0.370. The van der Waals surface area contributed by atoms with Crippen LogP contribution >= 0.6 is 0 Å². The highest BCUT2D eigenvalue weighted by Crippen LogP contribution is 2.25. The molecule has 7 nitrogen and oxygen atoms in total. The van der Waals surface area contributed by atoms with E-state index in [1.807, 2.05) is 31.2 Å². The number of hydrogen-bond donors (Lipinski definition) is 1. The van der Waals surface area contributed by atoms with E-state index in [1.165, 1.54) is 0 Å². The number of aromatic nitrogens is 1. The molecule has 156 valence electrons. The standard InChI is InChI=1S/C23H25N3O4/c1-15-5-8-24-21(11-15)25-23(28)16-6-9-26(10-7-16)14-17-12-22(27)30-20-13-18(29-2)3-4-19(17)20/h3-5,8,11-13,16H,6-7,9-10,14H2,1-2H3,(H,24,25,28). The molecule has 4 rings (SSSR count). The predicted octanol–water partition coefficient (Wildman–Crippen LogP) is 3.36. The Bertz CT molecular complexity index is 1120. The lowest BCUT2D eigenvalue weighted by atomic mass is 9.95. The van der Waals surface area contributed by atoms with Crippen molar-refractivity contribution in [3.05, 3.63) is 64.1 Å². The average Bonchev–Trinajstić information content (AvgIpc) is 2.73. The Morgan fingerprint density at radius 2 is 2.03 bits per heavy atom. The number of likely N-dealkylation sites (tertiary alicyclic amines) is 1. The topological polar surface area (TPSA) is 84.7 Å². The lowest BCUT2D eigenvalue weighted by Crippen LogP contribution is -2.38. The third-order valence-electron chi connectivity index (χ3n) is 5.56. The Hall–Kier alpha value is -3.19. The summed E-state index contributed by atoms with van der Waals surface area (Å²) >= 11 is 0. The monoisotopic (exact) mass is 407 g/mol. The molecule has 1 N–H and O–H groups in total. The summed E-state index contributed by atoms with van der Waals surface area (Å²) in [7, 11) is 1.58. The summed E-state index contributed by atoms with van der Waals surface area (Å²) in [5, 5.41) is 3.83. The van der Waals surface area contributed by atoms with Crippen LogP contribution in [0.15, 0.2) is 51.8 Å². The zero-order chi connectivity index (χ0) is 21.1. The predicted molar refractivity (Wildman–Crippen MR) is 115 cm³/mol. The number of amides is 1. The number of aryl methyl sites for hydroxylation is 1. The second-order valence-electron chi connectivity index (χ2n) is 7.71. The minimum absolute atomic E-state index is 0.0191. The van der Waals surface area contributed by atoms with Gasteiger partial charge in [-0.25, -0.2) is 9.78 Å². The van der Waals surface area contributed by atoms with Crippen LogP contribution < -0.4 is 15.7 Å². The highest BCUT2D eigenvalue weighted by Gasteiger charge is 2.25. The number of benzene rings is 1. The molecule has 0 saturated carbocycles. The molecule has 0 spiro atoms. The van der Waals surface area contributed by atoms with E-state index in [9.17, 15) is 9.59 Å². The Morgan fingerprint density at radius 1 is 1.23 bits per heavy atom. The van der Waals surface area contributed by atoms with E-state index in [4.69, 9.17) is 9.15 Å². The summed E-state index contributed by atoms with van der Waals surface area (Å²) in [6.45, 7) is 4.19. The average molecular weight is 407 g/mol. The molecule has 3 heterocycles. The van der Waals surface area contributed by atoms with Gasteiger partial charge in [-0.05, 0) is 68.2 Å². The summed E-state index contributed by atoms with van der Waals surface area (Å²) in [6.07, 6.45) is 3.24. The fraction of sp³-hybridized carbons (Fsp3) is 0.348. The number of fused-ring (bicyclic) bond motifs is 1. The SMILES string of the molecule is COc1ccc2c(CN3CCC(C(=O)Nc4cc(C)ccn4)CC3)cc(=O)oc2c1. The normalized spacial score (nSPS) is 15.3. The number of pyridine rings is 1. The maximum atomic E-state index is 12.6. The van der Waals surface area contributed by atoms with Crippen LogP contribution in [0.5, 0.6) is 5.75 Å². The number of hydrogen-bond acceptors (Lipinski definition) is 6. The van der Waals surface area contributed by atoms with Crippen LogP contribution in [0.3, 0.4) is 0 Å². The van der Waals surface area contributed by atoms with Gasteiger partial charge < -0.3 is 14.5 Å². The maximum Gasteiger partial charge on any atom is 0.336 e. The first-order valence-electron chi connectivity index (χ1n) is 10.1. The zero-order valence-corrected chi connectivity index (χ0v) is 17.2. The second-order valence-corrected chi connectivity index (χ2v) is 7.71. The number of rotatable bonds is 5. The molecule has 0 bridgehead atoms. The molecule has 1 aromatic carbocycles. The molecule has 1 amide bonds. The van der Waals surface area contributed by atoms with Crippen LogP contribution in [0.1, 0.15) is 24.0 Å². The highest BCUT2D eigenvalue weighted by molar-refractivity contribution is 5.91. The lowest BCUT2D eigenvalue weighted by Gasteiger charge is -2.31. The molecule has 7 heteroatoms. The number of piperidine rings is 1. The van der Waals surface area contributed by atoms with Gasteiger partial charge in [0, 0.05) is 36.2 Å². The molecule has 0 aliphatic carbocycles. The molecule has 1 saturated heterocycles. The van der Waals surface area contributed by atoms with Gasteiger partial charge in [-0.1, -0.05) is 0 Å². The number of nitrogens with one attached hydrogen (secondary N) is 1. The number of methoxy groups -OCH3 is 1. The largest absolute Gasteiger partial charge is 0.497 e. The van der Waals surface area contributed by atoms with Crippen molar-refractivity contribution in [3.8, 4) is 5.75 Å². The smallest absolute Gasteiger partial charge is 0.336 e. The van der Waals surface area contributed by atoms with Crippen molar-refractivity contribution in [2.45, 2.75) is 26.3 Å². The van der Waals surface area contributed by atoms with Gasteiger partial charge in [-0.2, -0.15) is 0 Å². The molecule has 1 aliphatic heterocycles. The van der Waals surface area contributed by atoms with Gasteiger partial charge in [-0.15, -0.1) is 0 Å². The molecule has 0 unspecified atom stereocenters. The van der Waals surface area contributed by atoms with Gasteiger partial charge in [0.05, 0.1) is 7.11 Å². The number of nitrogens with zero attached hydrogens (tertiary/aromatic N) is 2. The molecule has 0 radical (unpaired) electrons. The number of ether oxygens (including phenoxy) is 1. The van der Waals surface area contributed by atoms with E-state index in [0.29, 0.717) is 23.7 Å². The molecule has 1 aliphatic rings. The van der Waals surface area contributed by atoms with E-state index in [1.54, 1.807) is 25.4 Å². The fourth-order valence-corrected chi connectivity index (χ4v) is 3.90. The highest BCUT2D eigenvalue weighted by atomic mass is 16.5. The third kappa shape index (κ3) is 4.52. The fourth-order valence-electron chi connectivity index (χ4n) is 3.90. The Morgan fingerprint density at radius 3 is 2.77 bits per heavy atom. The zero-order valence-electron chi connectivity index (χ0n) is 17.2. The Balaban J connectivity index is 1.40.